The van der Waals surface area contributed by atoms with E-state index in [1.165, 1.54) is 0 Å². The van der Waals surface area contributed by atoms with Crippen LogP contribution in [0.25, 0.3) is 0 Å². The van der Waals surface area contributed by atoms with E-state index in [9.17, 15) is 19.6 Å². The second-order valence-electron chi connectivity index (χ2n) is 10.0. The van der Waals surface area contributed by atoms with E-state index in [-0.39, 0.29) is 35.6 Å². The Hall–Kier alpha value is -2.22. The Morgan fingerprint density at radius 3 is 2.72 bits per heavy atom. The van der Waals surface area contributed by atoms with Crippen LogP contribution in [0.4, 0.5) is 0 Å². The van der Waals surface area contributed by atoms with Crippen LogP contribution in [0.2, 0.25) is 0 Å². The lowest BCUT2D eigenvalue weighted by Gasteiger charge is -2.54. The fourth-order valence-electron chi connectivity index (χ4n) is 7.69. The van der Waals surface area contributed by atoms with Crippen molar-refractivity contribution in [2.45, 2.75) is 46.5 Å². The van der Waals surface area contributed by atoms with Crippen LogP contribution in [-0.4, -0.2) is 24.1 Å². The molecule has 0 radical (unpaired) electrons. The fourth-order valence-corrected chi connectivity index (χ4v) is 7.69. The smallest absolute Gasteiger partial charge is 0.327 e. The highest BCUT2D eigenvalue weighted by molar-refractivity contribution is 6.05. The Bertz CT molecular complexity index is 941. The number of nitrogens with zero attached hydrogens (tertiary/aromatic N) is 1. The van der Waals surface area contributed by atoms with Gasteiger partial charge in [0.25, 0.3) is 0 Å². The number of esters is 1. The second kappa shape index (κ2) is 5.68. The van der Waals surface area contributed by atoms with Crippen LogP contribution in [0, 0.1) is 57.2 Å². The first-order valence-corrected chi connectivity index (χ1v) is 10.8. The summed E-state index contributed by atoms with van der Waals surface area (Å²) in [5.74, 6) is -0.472. The van der Waals surface area contributed by atoms with E-state index in [0.717, 1.165) is 24.8 Å². The van der Waals surface area contributed by atoms with Gasteiger partial charge in [0, 0.05) is 23.2 Å². The highest BCUT2D eigenvalue weighted by Crippen LogP contribution is 2.76. The van der Waals surface area contributed by atoms with Gasteiger partial charge in [0.15, 0.2) is 11.2 Å². The van der Waals surface area contributed by atoms with Crippen molar-refractivity contribution in [2.24, 2.45) is 45.8 Å². The average molecular weight is 393 g/mol. The number of Topliss-reactive ketones (excluding diaryl/α,β-unsaturated/α-hetero) is 1. The molecule has 3 fully saturated rings. The van der Waals surface area contributed by atoms with Crippen LogP contribution >= 0.6 is 0 Å². The van der Waals surface area contributed by atoms with Crippen LogP contribution in [-0.2, 0) is 19.1 Å². The third-order valence-corrected chi connectivity index (χ3v) is 9.19. The van der Waals surface area contributed by atoms with Gasteiger partial charge in [-0.25, -0.2) is 0 Å². The third-order valence-electron chi connectivity index (χ3n) is 9.19. The molecule has 8 atom stereocenters. The summed E-state index contributed by atoms with van der Waals surface area (Å²) in [7, 11) is 0. The van der Waals surface area contributed by atoms with Crippen molar-refractivity contribution in [1.29, 1.82) is 5.26 Å². The molecule has 5 aliphatic carbocycles. The summed E-state index contributed by atoms with van der Waals surface area (Å²) in [6.07, 6.45) is 9.18. The van der Waals surface area contributed by atoms with Crippen LogP contribution in [0.5, 0.6) is 0 Å². The Morgan fingerprint density at radius 2 is 2.03 bits per heavy atom. The summed E-state index contributed by atoms with van der Waals surface area (Å²) < 4.78 is 5.26. The molecule has 5 nitrogen and oxygen atoms in total. The Labute approximate surface area is 171 Å². The molecule has 5 aliphatic rings. The van der Waals surface area contributed by atoms with Crippen LogP contribution < -0.4 is 0 Å². The summed E-state index contributed by atoms with van der Waals surface area (Å²) in [4.78, 5) is 38.3. The fraction of sp³-hybridized carbons (Fsp3) is 0.667. The van der Waals surface area contributed by atoms with Gasteiger partial charge in [0.2, 0.25) is 0 Å². The first-order valence-electron chi connectivity index (χ1n) is 10.8. The van der Waals surface area contributed by atoms with Crippen molar-refractivity contribution in [3.05, 3.63) is 23.8 Å². The molecule has 0 amide bonds. The van der Waals surface area contributed by atoms with Gasteiger partial charge in [-0.3, -0.25) is 14.4 Å². The number of fused-ring (bicyclic) bond motifs is 7. The van der Waals surface area contributed by atoms with Gasteiger partial charge in [-0.1, -0.05) is 26.0 Å². The Morgan fingerprint density at radius 1 is 1.28 bits per heavy atom. The third kappa shape index (κ3) is 1.98. The molecular weight excluding hydrogens is 366 g/mol. The first-order chi connectivity index (χ1) is 13.8. The topological polar surface area (TPSA) is 84.2 Å². The zero-order valence-electron chi connectivity index (χ0n) is 17.2. The van der Waals surface area contributed by atoms with Crippen LogP contribution in [0.15, 0.2) is 23.8 Å². The van der Waals surface area contributed by atoms with E-state index >= 15 is 0 Å². The van der Waals surface area contributed by atoms with Crippen LogP contribution in [0.1, 0.15) is 46.5 Å². The predicted molar refractivity (Wildman–Crippen MR) is 104 cm³/mol. The highest BCUT2D eigenvalue weighted by Gasteiger charge is 2.82. The van der Waals surface area contributed by atoms with Crippen molar-refractivity contribution in [3.63, 3.8) is 0 Å². The van der Waals surface area contributed by atoms with Crippen molar-refractivity contribution >= 4 is 17.5 Å². The molecule has 0 aliphatic heterocycles. The average Bonchev–Trinajstić information content (AvgIpc) is 3.32. The van der Waals surface area contributed by atoms with Crippen molar-refractivity contribution in [1.82, 2.24) is 0 Å². The maximum Gasteiger partial charge on any atom is 0.327 e. The summed E-state index contributed by atoms with van der Waals surface area (Å²) in [6.45, 7) is 6.18. The van der Waals surface area contributed by atoms with Gasteiger partial charge in [0.1, 0.15) is 5.78 Å². The summed E-state index contributed by atoms with van der Waals surface area (Å²) in [6, 6.07) is 2.22. The van der Waals surface area contributed by atoms with Crippen LogP contribution in [0.3, 0.4) is 0 Å². The lowest BCUT2D eigenvalue weighted by Crippen LogP contribution is -2.50. The molecule has 0 bridgehead atoms. The lowest BCUT2D eigenvalue weighted by molar-refractivity contribution is -0.149. The summed E-state index contributed by atoms with van der Waals surface area (Å²) >= 11 is 0. The number of carbonyl (C=O) groups is 3. The molecule has 152 valence electrons. The number of allylic oxidation sites excluding steroid dienone is 4. The Kier molecular flexibility index (Phi) is 3.68. The summed E-state index contributed by atoms with van der Waals surface area (Å²) in [5, 5.41) is 10.0. The minimum Gasteiger partial charge on any atom is -0.465 e. The molecule has 29 heavy (non-hydrogen) atoms. The monoisotopic (exact) mass is 393 g/mol. The molecule has 0 saturated heterocycles. The molecular formula is C24H27NO4. The van der Waals surface area contributed by atoms with Crippen molar-refractivity contribution in [2.75, 3.05) is 6.61 Å². The van der Waals surface area contributed by atoms with Gasteiger partial charge < -0.3 is 4.74 Å². The molecule has 0 aromatic carbocycles. The van der Waals surface area contributed by atoms with Gasteiger partial charge in [-0.2, -0.15) is 5.26 Å². The number of nitriles is 1. The van der Waals surface area contributed by atoms with Gasteiger partial charge in [-0.15, -0.1) is 0 Å². The molecule has 0 aromatic heterocycles. The van der Waals surface area contributed by atoms with Crippen molar-refractivity contribution in [3.8, 4) is 6.07 Å². The molecule has 3 saturated carbocycles. The largest absolute Gasteiger partial charge is 0.465 e. The summed E-state index contributed by atoms with van der Waals surface area (Å²) in [5.41, 5.74) is -1.11. The minimum atomic E-state index is -1.37. The van der Waals surface area contributed by atoms with Gasteiger partial charge >= 0.3 is 5.97 Å². The zero-order chi connectivity index (χ0) is 20.8. The standard InChI is InChI=1S/C24H27NO4/c1-4-29-21(28)24(12-25)19-17(26)11-13-5-6-14-15-7-8-18(27)22(15,2)10-9-16(14)23(13,3)20(19)24/h5-6,11,14-16,19-20H,4,7-10H2,1-3H3/t14-,15-,16-,19-,20-,22-,23-,24?/m0/s1. The normalized spacial score (nSPS) is 49.2. The second-order valence-corrected chi connectivity index (χ2v) is 10.0. The molecule has 0 N–H and O–H groups in total. The first kappa shape index (κ1) is 18.8. The molecule has 5 heteroatoms. The lowest BCUT2D eigenvalue weighted by atomic mass is 9.48. The Balaban J connectivity index is 1.60. The quantitative estimate of drug-likeness (QED) is 0.671. The molecule has 1 unspecified atom stereocenters. The van der Waals surface area contributed by atoms with E-state index in [1.54, 1.807) is 13.0 Å². The number of hydrogen-bond acceptors (Lipinski definition) is 5. The number of carbonyl (C=O) groups excluding carboxylic acids is 3. The van der Waals surface area contributed by atoms with Gasteiger partial charge in [-0.05, 0) is 55.6 Å². The predicted octanol–water partition coefficient (Wildman–Crippen LogP) is 3.40. The van der Waals surface area contributed by atoms with E-state index in [0.29, 0.717) is 18.1 Å². The van der Waals surface area contributed by atoms with E-state index in [4.69, 9.17) is 4.74 Å². The number of rotatable bonds is 2. The highest BCUT2D eigenvalue weighted by atomic mass is 16.5. The van der Waals surface area contributed by atoms with Crippen molar-refractivity contribution < 1.29 is 19.1 Å². The zero-order valence-corrected chi connectivity index (χ0v) is 17.2. The van der Waals surface area contributed by atoms with E-state index in [1.807, 2.05) is 6.08 Å². The van der Waals surface area contributed by atoms with Gasteiger partial charge in [0.05, 0.1) is 18.6 Å². The maximum atomic E-state index is 12.8. The minimum absolute atomic E-state index is 0.128. The molecule has 0 aromatic rings. The molecule has 5 rings (SSSR count). The SMILES string of the molecule is CCOC(=O)C1(C#N)[C@H]2[C@@H]1C(=O)C=C1C=C[C@@H]3[C@H](CC[C@]4(C)C(=O)CC[C@@H]34)[C@]12C. The number of hydrogen-bond donors (Lipinski definition) is 0. The van der Waals surface area contributed by atoms with E-state index < -0.39 is 22.7 Å². The number of ketones is 2. The maximum absolute atomic E-state index is 12.8. The number of ether oxygens (including phenoxy) is 1. The molecule has 0 spiro atoms. The van der Waals surface area contributed by atoms with E-state index in [2.05, 4.69) is 26.0 Å². The molecule has 0 heterocycles.